The molecule has 4 heteroatoms. The van der Waals surface area contributed by atoms with Gasteiger partial charge in [-0.05, 0) is 13.0 Å². The molecule has 1 atom stereocenters. The first-order chi connectivity index (χ1) is 5.65. The molecule has 0 saturated heterocycles. The third-order valence-electron chi connectivity index (χ3n) is 1.49. The first kappa shape index (κ1) is 8.80. The molecule has 0 fully saturated rings. The van der Waals surface area contributed by atoms with Gasteiger partial charge in [-0.1, -0.05) is 0 Å². The monoisotopic (exact) mass is 169 g/mol. The molecule has 1 unspecified atom stereocenters. The van der Waals surface area contributed by atoms with Crippen LogP contribution in [-0.2, 0) is 4.74 Å². The smallest absolute Gasteiger partial charge is 0.341 e. The minimum absolute atomic E-state index is 0.205. The number of hydrogen-bond acceptors (Lipinski definition) is 4. The van der Waals surface area contributed by atoms with Crippen molar-refractivity contribution in [1.29, 1.82) is 0 Å². The highest BCUT2D eigenvalue weighted by Gasteiger charge is 2.11. The Morgan fingerprint density at radius 1 is 1.75 bits per heavy atom. The number of carbonyl (C=O) groups is 1. The highest BCUT2D eigenvalue weighted by molar-refractivity contribution is 5.88. The first-order valence-electron chi connectivity index (χ1n) is 3.57. The highest BCUT2D eigenvalue weighted by Crippen LogP contribution is 2.14. The van der Waals surface area contributed by atoms with E-state index in [4.69, 9.17) is 10.2 Å². The largest absolute Gasteiger partial charge is 0.467 e. The average molecular weight is 169 g/mol. The summed E-state index contributed by atoms with van der Waals surface area (Å²) in [5.41, 5.74) is 5.92. The van der Waals surface area contributed by atoms with E-state index in [0.29, 0.717) is 11.3 Å². The minimum Gasteiger partial charge on any atom is -0.467 e. The average Bonchev–Trinajstić information content (AvgIpc) is 2.51. The van der Waals surface area contributed by atoms with Gasteiger partial charge in [0.25, 0.3) is 0 Å². The van der Waals surface area contributed by atoms with Gasteiger partial charge < -0.3 is 14.9 Å². The molecule has 4 nitrogen and oxygen atoms in total. The summed E-state index contributed by atoms with van der Waals surface area (Å²) in [5, 5.41) is 0. The van der Waals surface area contributed by atoms with Gasteiger partial charge in [-0.15, -0.1) is 0 Å². The van der Waals surface area contributed by atoms with E-state index >= 15 is 0 Å². The van der Waals surface area contributed by atoms with E-state index < -0.39 is 5.97 Å². The molecule has 1 aromatic rings. The topological polar surface area (TPSA) is 65.5 Å². The van der Waals surface area contributed by atoms with Gasteiger partial charge in [0, 0.05) is 0 Å². The Morgan fingerprint density at radius 3 is 2.83 bits per heavy atom. The lowest BCUT2D eigenvalue weighted by Gasteiger charge is -1.96. The molecule has 0 radical (unpaired) electrons. The maximum atomic E-state index is 10.9. The van der Waals surface area contributed by atoms with Crippen molar-refractivity contribution >= 4 is 5.97 Å². The minimum atomic E-state index is -0.411. The summed E-state index contributed by atoms with van der Waals surface area (Å²) in [6.07, 6.45) is 1.34. The molecule has 0 saturated carbocycles. The standard InChI is InChI=1S/C8H11NO3/c1-5(9)7-3-6(4-12-7)8(10)11-2/h3-5H,9H2,1-2H3. The van der Waals surface area contributed by atoms with Gasteiger partial charge in [-0.2, -0.15) is 0 Å². The van der Waals surface area contributed by atoms with Gasteiger partial charge in [-0.25, -0.2) is 4.79 Å². The van der Waals surface area contributed by atoms with E-state index in [-0.39, 0.29) is 6.04 Å². The molecule has 0 aliphatic carbocycles. The Bertz CT molecular complexity index is 278. The van der Waals surface area contributed by atoms with Crippen LogP contribution in [0.2, 0.25) is 0 Å². The molecular weight excluding hydrogens is 158 g/mol. The number of hydrogen-bond donors (Lipinski definition) is 1. The Labute approximate surface area is 70.3 Å². The van der Waals surface area contributed by atoms with E-state index in [0.717, 1.165) is 0 Å². The van der Waals surface area contributed by atoms with Crippen molar-refractivity contribution in [3.05, 3.63) is 23.7 Å². The van der Waals surface area contributed by atoms with Crippen LogP contribution >= 0.6 is 0 Å². The highest BCUT2D eigenvalue weighted by atomic mass is 16.5. The Morgan fingerprint density at radius 2 is 2.42 bits per heavy atom. The summed E-state index contributed by atoms with van der Waals surface area (Å²) in [5.74, 6) is 0.168. The summed E-state index contributed by atoms with van der Waals surface area (Å²) < 4.78 is 9.51. The predicted molar refractivity (Wildman–Crippen MR) is 42.6 cm³/mol. The number of nitrogens with two attached hydrogens (primary N) is 1. The normalized spacial score (nSPS) is 12.6. The Hall–Kier alpha value is -1.29. The van der Waals surface area contributed by atoms with E-state index in [2.05, 4.69) is 4.74 Å². The molecule has 1 aromatic heterocycles. The van der Waals surface area contributed by atoms with Gasteiger partial charge in [-0.3, -0.25) is 0 Å². The molecule has 1 heterocycles. The molecule has 0 amide bonds. The lowest BCUT2D eigenvalue weighted by Crippen LogP contribution is -2.03. The van der Waals surface area contributed by atoms with Gasteiger partial charge in [0.1, 0.15) is 12.0 Å². The van der Waals surface area contributed by atoms with Crippen LogP contribution < -0.4 is 5.73 Å². The number of furan rings is 1. The second kappa shape index (κ2) is 3.40. The SMILES string of the molecule is COC(=O)c1coc(C(C)N)c1. The van der Waals surface area contributed by atoms with Crippen molar-refractivity contribution in [2.24, 2.45) is 5.73 Å². The van der Waals surface area contributed by atoms with Gasteiger partial charge in [0.2, 0.25) is 0 Å². The van der Waals surface area contributed by atoms with E-state index in [1.54, 1.807) is 13.0 Å². The van der Waals surface area contributed by atoms with Crippen LogP contribution in [0, 0.1) is 0 Å². The van der Waals surface area contributed by atoms with Crippen LogP contribution in [0.5, 0.6) is 0 Å². The predicted octanol–water partition coefficient (Wildman–Crippen LogP) is 1.09. The fourth-order valence-corrected chi connectivity index (χ4v) is 0.816. The van der Waals surface area contributed by atoms with Crippen molar-refractivity contribution in [2.75, 3.05) is 7.11 Å². The maximum absolute atomic E-state index is 10.9. The van der Waals surface area contributed by atoms with Crippen molar-refractivity contribution in [1.82, 2.24) is 0 Å². The van der Waals surface area contributed by atoms with Crippen LogP contribution in [0.1, 0.15) is 29.1 Å². The zero-order valence-electron chi connectivity index (χ0n) is 7.03. The zero-order chi connectivity index (χ0) is 9.14. The molecule has 2 N–H and O–H groups in total. The molecule has 0 aromatic carbocycles. The van der Waals surface area contributed by atoms with Crippen LogP contribution in [0.15, 0.2) is 16.7 Å². The maximum Gasteiger partial charge on any atom is 0.341 e. The lowest BCUT2D eigenvalue weighted by atomic mass is 10.2. The van der Waals surface area contributed by atoms with Gasteiger partial charge >= 0.3 is 5.97 Å². The Balaban J connectivity index is 2.84. The van der Waals surface area contributed by atoms with Crippen molar-refractivity contribution in [3.63, 3.8) is 0 Å². The zero-order valence-corrected chi connectivity index (χ0v) is 7.03. The molecule has 66 valence electrons. The van der Waals surface area contributed by atoms with Crippen LogP contribution in [0.3, 0.4) is 0 Å². The third kappa shape index (κ3) is 1.65. The second-order valence-corrected chi connectivity index (χ2v) is 2.52. The van der Waals surface area contributed by atoms with Crippen molar-refractivity contribution in [2.45, 2.75) is 13.0 Å². The van der Waals surface area contributed by atoms with Crippen molar-refractivity contribution in [3.8, 4) is 0 Å². The molecule has 12 heavy (non-hydrogen) atoms. The lowest BCUT2D eigenvalue weighted by molar-refractivity contribution is 0.0600. The Kier molecular flexibility index (Phi) is 2.50. The van der Waals surface area contributed by atoms with Crippen LogP contribution in [-0.4, -0.2) is 13.1 Å². The molecule has 0 aliphatic rings. The summed E-state index contributed by atoms with van der Waals surface area (Å²) in [6.45, 7) is 1.78. The third-order valence-corrected chi connectivity index (χ3v) is 1.49. The van der Waals surface area contributed by atoms with Crippen molar-refractivity contribution < 1.29 is 13.9 Å². The number of carbonyl (C=O) groups excluding carboxylic acids is 1. The fraction of sp³-hybridized carbons (Fsp3) is 0.375. The quantitative estimate of drug-likeness (QED) is 0.673. The molecule has 0 bridgehead atoms. The van der Waals surface area contributed by atoms with Gasteiger partial charge in [0.05, 0.1) is 18.7 Å². The van der Waals surface area contributed by atoms with Gasteiger partial charge in [0.15, 0.2) is 0 Å². The summed E-state index contributed by atoms with van der Waals surface area (Å²) >= 11 is 0. The number of ether oxygens (including phenoxy) is 1. The molecular formula is C8H11NO3. The number of methoxy groups -OCH3 is 1. The number of esters is 1. The second-order valence-electron chi connectivity index (χ2n) is 2.52. The number of rotatable bonds is 2. The van der Waals surface area contributed by atoms with E-state index in [1.165, 1.54) is 13.4 Å². The summed E-state index contributed by atoms with van der Waals surface area (Å²) in [4.78, 5) is 10.9. The summed E-state index contributed by atoms with van der Waals surface area (Å²) in [6, 6.07) is 1.37. The molecule has 0 aliphatic heterocycles. The molecule has 1 rings (SSSR count). The fourth-order valence-electron chi connectivity index (χ4n) is 0.816. The molecule has 0 spiro atoms. The van der Waals surface area contributed by atoms with Crippen LogP contribution in [0.25, 0.3) is 0 Å². The first-order valence-corrected chi connectivity index (χ1v) is 3.57. The van der Waals surface area contributed by atoms with E-state index in [9.17, 15) is 4.79 Å². The summed E-state index contributed by atoms with van der Waals surface area (Å²) in [7, 11) is 1.32. The van der Waals surface area contributed by atoms with Crippen LogP contribution in [0.4, 0.5) is 0 Å². The van der Waals surface area contributed by atoms with E-state index in [1.807, 2.05) is 0 Å².